The molecular formula is C31H35N5O2. The van der Waals surface area contributed by atoms with E-state index in [2.05, 4.69) is 71.1 Å². The van der Waals surface area contributed by atoms with Crippen LogP contribution in [0.3, 0.4) is 0 Å². The Labute approximate surface area is 224 Å². The summed E-state index contributed by atoms with van der Waals surface area (Å²) < 4.78 is 8.19. The maximum atomic E-state index is 12.2. The number of fused-ring (bicyclic) bond motifs is 3. The smallest absolute Gasteiger partial charge is 0.247 e. The Hall–Kier alpha value is -4.10. The monoisotopic (exact) mass is 509 g/mol. The predicted octanol–water partition coefficient (Wildman–Crippen LogP) is 6.02. The number of nitrogens with one attached hydrogen (secondary N) is 2. The summed E-state index contributed by atoms with van der Waals surface area (Å²) in [5.41, 5.74) is 7.27. The van der Waals surface area contributed by atoms with Gasteiger partial charge in [0.25, 0.3) is 0 Å². The van der Waals surface area contributed by atoms with E-state index in [9.17, 15) is 4.79 Å². The molecule has 0 aliphatic carbocycles. The largest absolute Gasteiger partial charge is 0.495 e. The molecule has 0 radical (unpaired) electrons. The molecule has 2 N–H and O–H groups in total. The van der Waals surface area contributed by atoms with Crippen LogP contribution >= 0.6 is 0 Å². The van der Waals surface area contributed by atoms with Gasteiger partial charge in [0.1, 0.15) is 11.6 Å². The van der Waals surface area contributed by atoms with Crippen LogP contribution in [0.15, 0.2) is 67.3 Å². The molecule has 0 atom stereocenters. The van der Waals surface area contributed by atoms with Crippen LogP contribution in [0.25, 0.3) is 22.2 Å². The van der Waals surface area contributed by atoms with Crippen LogP contribution < -0.4 is 15.4 Å². The minimum atomic E-state index is -0.246. The zero-order valence-electron chi connectivity index (χ0n) is 22.4. The number of hydrogen-bond acceptors (Lipinski definition) is 5. The van der Waals surface area contributed by atoms with E-state index in [4.69, 9.17) is 9.72 Å². The van der Waals surface area contributed by atoms with E-state index < -0.39 is 0 Å². The van der Waals surface area contributed by atoms with Crippen molar-refractivity contribution in [1.29, 1.82) is 0 Å². The summed E-state index contributed by atoms with van der Waals surface area (Å²) in [5.74, 6) is 1.16. The fourth-order valence-corrected chi connectivity index (χ4v) is 5.32. The average molecular weight is 510 g/mol. The molecular weight excluding hydrogens is 474 g/mol. The van der Waals surface area contributed by atoms with Crippen molar-refractivity contribution in [1.82, 2.24) is 14.5 Å². The summed E-state index contributed by atoms with van der Waals surface area (Å²) in [6.45, 7) is 5.60. The summed E-state index contributed by atoms with van der Waals surface area (Å²) in [7, 11) is 5.77. The normalized spacial score (nSPS) is 12.5. The predicted molar refractivity (Wildman–Crippen MR) is 155 cm³/mol. The van der Waals surface area contributed by atoms with Crippen LogP contribution in [0.5, 0.6) is 5.75 Å². The fraction of sp³-hybridized carbons (Fsp3) is 0.290. The maximum Gasteiger partial charge on any atom is 0.247 e. The maximum absolute atomic E-state index is 12.2. The van der Waals surface area contributed by atoms with Gasteiger partial charge in [0.05, 0.1) is 18.5 Å². The van der Waals surface area contributed by atoms with Crippen molar-refractivity contribution < 1.29 is 9.53 Å². The van der Waals surface area contributed by atoms with Crippen LogP contribution in [0.1, 0.15) is 24.1 Å². The number of aromatic nitrogens is 2. The number of rotatable bonds is 10. The minimum absolute atomic E-state index is 0.246. The molecule has 0 fully saturated rings. The highest BCUT2D eigenvalue weighted by atomic mass is 16.5. The summed E-state index contributed by atoms with van der Waals surface area (Å²) in [6.07, 6.45) is 5.26. The second kappa shape index (κ2) is 11.1. The SMILES string of the molecule is C=CC(=O)Nc1cc(Nc2cccc(-c3c4n(c5ccccc35)CCC4)n2)c(OC)cc1CCCN(C)C. The van der Waals surface area contributed by atoms with Gasteiger partial charge in [0.2, 0.25) is 5.91 Å². The Morgan fingerprint density at radius 1 is 1.16 bits per heavy atom. The first kappa shape index (κ1) is 25.5. The number of carbonyl (C=O) groups excluding carboxylic acids is 1. The van der Waals surface area contributed by atoms with Crippen LogP contribution in [-0.4, -0.2) is 48.1 Å². The van der Waals surface area contributed by atoms with Crippen molar-refractivity contribution in [3.63, 3.8) is 0 Å². The van der Waals surface area contributed by atoms with E-state index in [-0.39, 0.29) is 5.91 Å². The highest BCUT2D eigenvalue weighted by Crippen LogP contribution is 2.39. The molecule has 3 heterocycles. The number of carbonyl (C=O) groups is 1. The van der Waals surface area contributed by atoms with Gasteiger partial charge in [-0.05, 0) is 88.3 Å². The lowest BCUT2D eigenvalue weighted by molar-refractivity contribution is -0.111. The van der Waals surface area contributed by atoms with Crippen molar-refractivity contribution in [3.05, 3.63) is 78.5 Å². The summed E-state index contributed by atoms with van der Waals surface area (Å²) in [6, 6.07) is 18.5. The number of ether oxygens (including phenoxy) is 1. The molecule has 5 rings (SSSR count). The molecule has 0 spiro atoms. The zero-order valence-corrected chi connectivity index (χ0v) is 22.4. The molecule has 0 saturated heterocycles. The number of para-hydroxylation sites is 1. The molecule has 1 aliphatic rings. The quantitative estimate of drug-likeness (QED) is 0.256. The molecule has 4 aromatic rings. The van der Waals surface area contributed by atoms with E-state index in [0.717, 1.165) is 61.4 Å². The highest BCUT2D eigenvalue weighted by Gasteiger charge is 2.23. The van der Waals surface area contributed by atoms with Crippen LogP contribution in [-0.2, 0) is 24.2 Å². The molecule has 0 unspecified atom stereocenters. The van der Waals surface area contributed by atoms with Gasteiger partial charge in [0, 0.05) is 34.4 Å². The number of methoxy groups -OCH3 is 1. The molecule has 0 saturated carbocycles. The molecule has 1 aliphatic heterocycles. The van der Waals surface area contributed by atoms with Crippen LogP contribution in [0.4, 0.5) is 17.2 Å². The molecule has 38 heavy (non-hydrogen) atoms. The Bertz CT molecular complexity index is 1490. The lowest BCUT2D eigenvalue weighted by Crippen LogP contribution is -2.15. The lowest BCUT2D eigenvalue weighted by Gasteiger charge is -2.18. The van der Waals surface area contributed by atoms with Gasteiger partial charge in [-0.2, -0.15) is 0 Å². The van der Waals surface area contributed by atoms with Gasteiger partial charge in [-0.15, -0.1) is 0 Å². The number of pyridine rings is 1. The van der Waals surface area contributed by atoms with E-state index >= 15 is 0 Å². The van der Waals surface area contributed by atoms with Gasteiger partial charge < -0.3 is 24.8 Å². The van der Waals surface area contributed by atoms with Crippen molar-refractivity contribution >= 4 is 34.0 Å². The first-order chi connectivity index (χ1) is 18.5. The van der Waals surface area contributed by atoms with Crippen molar-refractivity contribution in [2.24, 2.45) is 0 Å². The Morgan fingerprint density at radius 3 is 2.79 bits per heavy atom. The minimum Gasteiger partial charge on any atom is -0.495 e. The molecule has 7 nitrogen and oxygen atoms in total. The molecule has 7 heteroatoms. The third-order valence-electron chi connectivity index (χ3n) is 7.06. The summed E-state index contributed by atoms with van der Waals surface area (Å²) >= 11 is 0. The first-order valence-corrected chi connectivity index (χ1v) is 13.1. The summed E-state index contributed by atoms with van der Waals surface area (Å²) in [5, 5.41) is 7.65. The Balaban J connectivity index is 1.50. The van der Waals surface area contributed by atoms with Crippen molar-refractivity contribution in [2.75, 3.05) is 38.4 Å². The molecule has 2 aromatic carbocycles. The van der Waals surface area contributed by atoms with E-state index in [1.807, 2.05) is 24.3 Å². The molecule has 2 aromatic heterocycles. The summed E-state index contributed by atoms with van der Waals surface area (Å²) in [4.78, 5) is 19.4. The van der Waals surface area contributed by atoms with Crippen LogP contribution in [0.2, 0.25) is 0 Å². The van der Waals surface area contributed by atoms with Gasteiger partial charge >= 0.3 is 0 Å². The van der Waals surface area contributed by atoms with E-state index in [1.165, 1.54) is 28.2 Å². The van der Waals surface area contributed by atoms with Gasteiger partial charge in [-0.1, -0.05) is 30.8 Å². The number of hydrogen-bond donors (Lipinski definition) is 2. The Morgan fingerprint density at radius 2 is 2.00 bits per heavy atom. The number of anilines is 3. The third kappa shape index (κ3) is 5.15. The zero-order chi connectivity index (χ0) is 26.6. The van der Waals surface area contributed by atoms with Gasteiger partial charge in [-0.25, -0.2) is 4.98 Å². The highest BCUT2D eigenvalue weighted by molar-refractivity contribution is 6.00. The lowest BCUT2D eigenvalue weighted by atomic mass is 10.0. The fourth-order valence-electron chi connectivity index (χ4n) is 5.32. The number of nitrogens with zero attached hydrogens (tertiary/aromatic N) is 3. The second-order valence-electron chi connectivity index (χ2n) is 9.94. The average Bonchev–Trinajstić information content (AvgIpc) is 3.50. The van der Waals surface area contributed by atoms with Crippen molar-refractivity contribution in [2.45, 2.75) is 32.2 Å². The second-order valence-corrected chi connectivity index (χ2v) is 9.94. The number of benzene rings is 2. The molecule has 1 amide bonds. The molecule has 0 bridgehead atoms. The number of aryl methyl sites for hydroxylation is 2. The van der Waals surface area contributed by atoms with E-state index in [1.54, 1.807) is 7.11 Å². The topological polar surface area (TPSA) is 71.4 Å². The van der Waals surface area contributed by atoms with Crippen molar-refractivity contribution in [3.8, 4) is 17.0 Å². The Kier molecular flexibility index (Phi) is 7.47. The van der Waals surface area contributed by atoms with E-state index in [0.29, 0.717) is 11.6 Å². The molecule has 196 valence electrons. The number of amides is 1. The first-order valence-electron chi connectivity index (χ1n) is 13.1. The van der Waals surface area contributed by atoms with Gasteiger partial charge in [0.15, 0.2) is 0 Å². The third-order valence-corrected chi connectivity index (χ3v) is 7.06. The van der Waals surface area contributed by atoms with Gasteiger partial charge in [-0.3, -0.25) is 4.79 Å². The standard InChI is InChI=1S/C31H35N5O2/c1-5-30(37)34-24-20-25(28(38-4)19-21(24)11-9-17-35(2)3)33-29-16-8-13-23(32-29)31-22-12-6-7-14-26(22)36-18-10-15-27(31)36/h5-8,12-14,16,19-20H,1,9-11,15,17-18H2,2-4H3,(H,32,33)(H,34,37). The van der Waals surface area contributed by atoms with Crippen LogP contribution in [0, 0.1) is 0 Å².